The number of hydrogen-bond donors (Lipinski definition) is 0. The van der Waals surface area contributed by atoms with Gasteiger partial charge in [-0.05, 0) is 133 Å². The van der Waals surface area contributed by atoms with Crippen LogP contribution in [0.25, 0.3) is 38.8 Å². The highest BCUT2D eigenvalue weighted by molar-refractivity contribution is 6.09. The molecule has 1 aliphatic heterocycles. The molecular formula is C62H70N4O. The zero-order valence-electron chi connectivity index (χ0n) is 42.7. The topological polar surface area (TPSA) is 33.5 Å². The second kappa shape index (κ2) is 16.2. The summed E-state index contributed by atoms with van der Waals surface area (Å²) >= 11 is 0. The van der Waals surface area contributed by atoms with Crippen LogP contribution in [0.4, 0.5) is 22.7 Å². The molecule has 5 heteroatoms. The molecule has 0 unspecified atom stereocenters. The Kier molecular flexibility index (Phi) is 11.1. The van der Waals surface area contributed by atoms with E-state index in [-0.39, 0.29) is 27.1 Å². The van der Waals surface area contributed by atoms with Gasteiger partial charge in [-0.15, -0.1) is 0 Å². The van der Waals surface area contributed by atoms with Crippen molar-refractivity contribution >= 4 is 44.6 Å². The minimum absolute atomic E-state index is 0.00472. The summed E-state index contributed by atoms with van der Waals surface area (Å²) < 4.78 is 9.18. The van der Waals surface area contributed by atoms with Gasteiger partial charge in [0.15, 0.2) is 0 Å². The predicted molar refractivity (Wildman–Crippen MR) is 286 cm³/mol. The zero-order valence-corrected chi connectivity index (χ0v) is 42.7. The Labute approximate surface area is 400 Å². The second-order valence-corrected chi connectivity index (χ2v) is 24.0. The van der Waals surface area contributed by atoms with Gasteiger partial charge in [-0.2, -0.15) is 0 Å². The lowest BCUT2D eigenvalue weighted by molar-refractivity contribution is 0.483. The highest BCUT2D eigenvalue weighted by atomic mass is 16.5. The molecule has 344 valence electrons. The summed E-state index contributed by atoms with van der Waals surface area (Å²) in [5.74, 6) is 2.46. The number of benzene rings is 6. The Morgan fingerprint density at radius 3 is 1.66 bits per heavy atom. The van der Waals surface area contributed by atoms with Crippen LogP contribution in [0.5, 0.6) is 11.5 Å². The summed E-state index contributed by atoms with van der Waals surface area (Å²) in [6, 6.07) is 49.5. The average Bonchev–Trinajstić information content (AvgIpc) is 3.80. The first kappa shape index (κ1) is 45.8. The van der Waals surface area contributed by atoms with Crippen molar-refractivity contribution in [2.45, 2.75) is 131 Å². The van der Waals surface area contributed by atoms with E-state index in [1.54, 1.807) is 0 Å². The van der Waals surface area contributed by atoms with Crippen molar-refractivity contribution in [3.8, 4) is 28.4 Å². The smallest absolute Gasteiger partial charge is 0.137 e. The quantitative estimate of drug-likeness (QED) is 0.167. The molecule has 0 N–H and O–H groups in total. The maximum Gasteiger partial charge on any atom is 0.137 e. The Morgan fingerprint density at radius 2 is 0.985 bits per heavy atom. The first-order valence-corrected chi connectivity index (χ1v) is 24.1. The Morgan fingerprint density at radius 1 is 0.433 bits per heavy atom. The largest absolute Gasteiger partial charge is 0.457 e. The van der Waals surface area contributed by atoms with Crippen LogP contribution in [0, 0.1) is 0 Å². The summed E-state index contributed by atoms with van der Waals surface area (Å²) in [5.41, 5.74) is 15.9. The Bertz CT molecular complexity index is 3170. The van der Waals surface area contributed by atoms with Crippen molar-refractivity contribution in [1.29, 1.82) is 0 Å². The fourth-order valence-electron chi connectivity index (χ4n) is 9.53. The van der Waals surface area contributed by atoms with E-state index in [4.69, 9.17) is 9.72 Å². The molecule has 0 spiro atoms. The Hall–Kier alpha value is -6.33. The number of nitrogens with zero attached hydrogens (tertiary/aromatic N) is 4. The third kappa shape index (κ3) is 8.86. The number of aromatic nitrogens is 2. The van der Waals surface area contributed by atoms with Gasteiger partial charge in [-0.3, -0.25) is 4.57 Å². The van der Waals surface area contributed by atoms with Gasteiger partial charge in [-0.25, -0.2) is 4.98 Å². The molecule has 8 aromatic rings. The maximum absolute atomic E-state index is 6.86. The van der Waals surface area contributed by atoms with Crippen LogP contribution in [0.2, 0.25) is 0 Å². The van der Waals surface area contributed by atoms with Gasteiger partial charge in [0, 0.05) is 40.5 Å². The molecule has 5 nitrogen and oxygen atoms in total. The van der Waals surface area contributed by atoms with Crippen molar-refractivity contribution in [1.82, 2.24) is 9.55 Å². The summed E-state index contributed by atoms with van der Waals surface area (Å²) in [6.45, 7) is 35.0. The van der Waals surface area contributed by atoms with Crippen molar-refractivity contribution in [3.63, 3.8) is 0 Å². The molecule has 67 heavy (non-hydrogen) atoms. The minimum Gasteiger partial charge on any atom is -0.457 e. The lowest BCUT2D eigenvalue weighted by Crippen LogP contribution is -2.24. The second-order valence-electron chi connectivity index (χ2n) is 24.0. The Balaban J connectivity index is 1.13. The highest BCUT2D eigenvalue weighted by Gasteiger charge is 2.31. The van der Waals surface area contributed by atoms with Crippen molar-refractivity contribution in [3.05, 3.63) is 167 Å². The number of hydrogen-bond acceptors (Lipinski definition) is 4. The van der Waals surface area contributed by atoms with E-state index < -0.39 is 0 Å². The number of anilines is 4. The molecule has 6 aromatic carbocycles. The summed E-state index contributed by atoms with van der Waals surface area (Å²) in [6.07, 6.45) is 1.94. The SMILES string of the molecule is CC(C)(C)c1cccc(N2CN(c3cccc(Oc4ccc5c6ccc(C(C)(C)C)cc6n(-c6cc(C(C)(C)C)ccn6)c5c4)c3)c3ccc(-c4ccc(C(C)(C)C)cc4C(C)(C)C)cc32)c1. The summed E-state index contributed by atoms with van der Waals surface area (Å²) in [5, 5.41) is 2.37. The summed E-state index contributed by atoms with van der Waals surface area (Å²) in [4.78, 5) is 9.88. The minimum atomic E-state index is -0.0338. The van der Waals surface area contributed by atoms with E-state index in [0.29, 0.717) is 6.67 Å². The van der Waals surface area contributed by atoms with Gasteiger partial charge in [0.25, 0.3) is 0 Å². The van der Waals surface area contributed by atoms with E-state index in [2.05, 4.69) is 252 Å². The van der Waals surface area contributed by atoms with Crippen LogP contribution >= 0.6 is 0 Å². The number of fused-ring (bicyclic) bond motifs is 4. The molecule has 9 rings (SSSR count). The first-order chi connectivity index (χ1) is 31.3. The van der Waals surface area contributed by atoms with Gasteiger partial charge in [-0.1, -0.05) is 158 Å². The van der Waals surface area contributed by atoms with Gasteiger partial charge >= 0.3 is 0 Å². The maximum atomic E-state index is 6.86. The molecule has 0 aliphatic carbocycles. The standard InChI is InChI=1S/C62H70N4O/c1-58(2,3)41-18-16-19-45(33-41)65-39-64(53-29-22-40(32-56(53)65)49-26-23-42(59(4,5)6)34-52(49)62(13,14)15)46-20-17-21-47(37-46)67-48-25-28-51-50-27-24-43(60(7,8)9)35-54(50)66(55(51)38-48)57-36-44(30-31-63-57)61(10,11)12/h16-38H,39H2,1-15H3. The summed E-state index contributed by atoms with van der Waals surface area (Å²) in [7, 11) is 0. The monoisotopic (exact) mass is 887 g/mol. The van der Waals surface area contributed by atoms with Crippen LogP contribution in [0.15, 0.2) is 140 Å². The van der Waals surface area contributed by atoms with Gasteiger partial charge in [0.05, 0.1) is 22.4 Å². The van der Waals surface area contributed by atoms with Crippen molar-refractivity contribution in [2.24, 2.45) is 0 Å². The van der Waals surface area contributed by atoms with Gasteiger partial charge in [0.2, 0.25) is 0 Å². The molecular weight excluding hydrogens is 817 g/mol. The molecule has 0 fully saturated rings. The van der Waals surface area contributed by atoms with Crippen LogP contribution in [0.3, 0.4) is 0 Å². The molecule has 3 heterocycles. The fourth-order valence-corrected chi connectivity index (χ4v) is 9.53. The number of ether oxygens (including phenoxy) is 1. The van der Waals surface area contributed by atoms with E-state index in [9.17, 15) is 0 Å². The third-order valence-electron chi connectivity index (χ3n) is 13.7. The van der Waals surface area contributed by atoms with E-state index in [1.807, 2.05) is 6.20 Å². The molecule has 0 radical (unpaired) electrons. The van der Waals surface area contributed by atoms with Crippen LogP contribution in [-0.4, -0.2) is 16.2 Å². The molecule has 2 aromatic heterocycles. The molecule has 0 saturated carbocycles. The van der Waals surface area contributed by atoms with Gasteiger partial charge in [0.1, 0.15) is 24.0 Å². The molecule has 0 bridgehead atoms. The fraction of sp³-hybridized carbons (Fsp3) is 0.339. The van der Waals surface area contributed by atoms with Crippen molar-refractivity contribution in [2.75, 3.05) is 16.5 Å². The van der Waals surface area contributed by atoms with E-state index in [0.717, 1.165) is 39.7 Å². The number of rotatable bonds is 6. The van der Waals surface area contributed by atoms with Crippen LogP contribution in [0.1, 0.15) is 132 Å². The van der Waals surface area contributed by atoms with Crippen molar-refractivity contribution < 1.29 is 4.74 Å². The molecule has 0 amide bonds. The van der Waals surface area contributed by atoms with Crippen LogP contribution < -0.4 is 14.5 Å². The normalized spacial score (nSPS) is 13.8. The predicted octanol–water partition coefficient (Wildman–Crippen LogP) is 17.4. The van der Waals surface area contributed by atoms with Crippen LogP contribution in [-0.2, 0) is 27.1 Å². The van der Waals surface area contributed by atoms with E-state index in [1.165, 1.54) is 61.1 Å². The first-order valence-electron chi connectivity index (χ1n) is 24.1. The van der Waals surface area contributed by atoms with E-state index >= 15 is 0 Å². The molecule has 0 saturated heterocycles. The number of pyridine rings is 1. The average molecular weight is 887 g/mol. The van der Waals surface area contributed by atoms with Gasteiger partial charge < -0.3 is 14.5 Å². The highest BCUT2D eigenvalue weighted by Crippen LogP contribution is 2.49. The zero-order chi connectivity index (χ0) is 48.0. The molecule has 1 aliphatic rings. The third-order valence-corrected chi connectivity index (χ3v) is 13.7. The lowest BCUT2D eigenvalue weighted by Gasteiger charge is -2.28. The molecule has 0 atom stereocenters. The lowest BCUT2D eigenvalue weighted by atomic mass is 9.77.